The van der Waals surface area contributed by atoms with E-state index in [0.717, 1.165) is 29.1 Å². The molecule has 1 aromatic heterocycles. The molecule has 0 atom stereocenters. The molecule has 1 N–H and O–H groups in total. The number of hydrogen-bond donors (Lipinski definition) is 1. The molecule has 0 spiro atoms. The molecule has 0 aliphatic heterocycles. The predicted octanol–water partition coefficient (Wildman–Crippen LogP) is 4.05. The molecule has 0 unspecified atom stereocenters. The highest BCUT2D eigenvalue weighted by Crippen LogP contribution is 2.31. The molecule has 0 saturated carbocycles. The number of rotatable bonds is 3. The number of anilines is 1. The molecule has 0 bridgehead atoms. The lowest BCUT2D eigenvalue weighted by atomic mass is 10.0. The van der Waals surface area contributed by atoms with Gasteiger partial charge < -0.3 is 5.32 Å². The predicted molar refractivity (Wildman–Crippen MR) is 76.4 cm³/mol. The summed E-state index contributed by atoms with van der Waals surface area (Å²) in [5.74, 6) is 0.841. The number of aromatic nitrogens is 2. The lowest BCUT2D eigenvalue weighted by molar-refractivity contribution is 1.05. The minimum Gasteiger partial charge on any atom is -0.373 e. The fourth-order valence-corrected chi connectivity index (χ4v) is 2.15. The molecule has 18 heavy (non-hydrogen) atoms. The third-order valence-electron chi connectivity index (χ3n) is 2.73. The van der Waals surface area contributed by atoms with Gasteiger partial charge in [-0.1, -0.05) is 36.2 Å². The topological polar surface area (TPSA) is 37.8 Å². The van der Waals surface area contributed by atoms with Gasteiger partial charge in [0.1, 0.15) is 12.1 Å². The Labute approximate surface area is 116 Å². The first-order chi connectivity index (χ1) is 8.67. The Morgan fingerprint density at radius 1 is 1.17 bits per heavy atom. The molecule has 5 heteroatoms. The Bertz CT molecular complexity index is 570. The normalized spacial score (nSPS) is 10.4. The van der Waals surface area contributed by atoms with E-state index in [2.05, 4.69) is 22.2 Å². The van der Waals surface area contributed by atoms with Crippen LogP contribution in [0.5, 0.6) is 0 Å². The summed E-state index contributed by atoms with van der Waals surface area (Å²) >= 11 is 12.0. The maximum absolute atomic E-state index is 6.04. The zero-order valence-electron chi connectivity index (χ0n) is 10.2. The van der Waals surface area contributed by atoms with Crippen LogP contribution < -0.4 is 5.32 Å². The van der Waals surface area contributed by atoms with Crippen molar-refractivity contribution in [2.75, 3.05) is 12.4 Å². The number of benzene rings is 1. The van der Waals surface area contributed by atoms with Gasteiger partial charge in [0, 0.05) is 18.2 Å². The van der Waals surface area contributed by atoms with Gasteiger partial charge in [-0.05, 0) is 18.6 Å². The van der Waals surface area contributed by atoms with E-state index in [1.54, 1.807) is 12.4 Å². The van der Waals surface area contributed by atoms with Gasteiger partial charge in [0.25, 0.3) is 0 Å². The Hall–Kier alpha value is -1.32. The Morgan fingerprint density at radius 2 is 1.94 bits per heavy atom. The highest BCUT2D eigenvalue weighted by Gasteiger charge is 2.11. The van der Waals surface area contributed by atoms with Crippen molar-refractivity contribution in [1.82, 2.24) is 9.97 Å². The van der Waals surface area contributed by atoms with Crippen LogP contribution in [0.3, 0.4) is 0 Å². The van der Waals surface area contributed by atoms with Gasteiger partial charge in [-0.25, -0.2) is 9.97 Å². The summed E-state index contributed by atoms with van der Waals surface area (Å²) in [4.78, 5) is 8.56. The molecule has 0 saturated heterocycles. The molecule has 0 radical (unpaired) electrons. The summed E-state index contributed by atoms with van der Waals surface area (Å²) in [6, 6.07) is 5.51. The molecule has 1 aromatic carbocycles. The average molecular weight is 282 g/mol. The first-order valence-electron chi connectivity index (χ1n) is 5.64. The first kappa shape index (κ1) is 13.1. The monoisotopic (exact) mass is 281 g/mol. The Balaban J connectivity index is 2.59. The molecule has 3 nitrogen and oxygen atoms in total. The van der Waals surface area contributed by atoms with Crippen LogP contribution in [0.25, 0.3) is 11.3 Å². The van der Waals surface area contributed by atoms with E-state index in [1.165, 1.54) is 0 Å². The van der Waals surface area contributed by atoms with Crippen LogP contribution in [0.4, 0.5) is 5.82 Å². The van der Waals surface area contributed by atoms with Crippen molar-refractivity contribution >= 4 is 29.0 Å². The largest absolute Gasteiger partial charge is 0.373 e. The van der Waals surface area contributed by atoms with E-state index < -0.39 is 0 Å². The third-order valence-corrected chi connectivity index (χ3v) is 3.47. The molecule has 0 aliphatic carbocycles. The molecular weight excluding hydrogens is 269 g/mol. The van der Waals surface area contributed by atoms with Crippen LogP contribution in [0, 0.1) is 0 Å². The zero-order valence-corrected chi connectivity index (χ0v) is 11.7. The van der Waals surface area contributed by atoms with Crippen molar-refractivity contribution in [3.8, 4) is 11.3 Å². The van der Waals surface area contributed by atoms with E-state index in [-0.39, 0.29) is 0 Å². The molecule has 2 aromatic rings. The number of hydrogen-bond acceptors (Lipinski definition) is 3. The number of halogens is 2. The van der Waals surface area contributed by atoms with E-state index >= 15 is 0 Å². The average Bonchev–Trinajstić information content (AvgIpc) is 2.40. The second-order valence-electron chi connectivity index (χ2n) is 3.78. The fraction of sp³-hybridized carbons (Fsp3) is 0.231. The minimum absolute atomic E-state index is 0.529. The van der Waals surface area contributed by atoms with Crippen molar-refractivity contribution in [1.29, 1.82) is 0 Å². The molecular formula is C13H13Cl2N3. The molecule has 94 valence electrons. The van der Waals surface area contributed by atoms with Crippen molar-refractivity contribution in [3.63, 3.8) is 0 Å². The van der Waals surface area contributed by atoms with Gasteiger partial charge >= 0.3 is 0 Å². The number of nitrogens with one attached hydrogen (secondary N) is 1. The summed E-state index contributed by atoms with van der Waals surface area (Å²) in [6.07, 6.45) is 2.38. The van der Waals surface area contributed by atoms with Gasteiger partial charge in [0.05, 0.1) is 15.7 Å². The fourth-order valence-electron chi connectivity index (χ4n) is 1.85. The van der Waals surface area contributed by atoms with Gasteiger partial charge in [-0.15, -0.1) is 0 Å². The van der Waals surface area contributed by atoms with E-state index in [4.69, 9.17) is 23.2 Å². The Morgan fingerprint density at radius 3 is 2.56 bits per heavy atom. The van der Waals surface area contributed by atoms with E-state index in [0.29, 0.717) is 10.0 Å². The van der Waals surface area contributed by atoms with Gasteiger partial charge in [-0.3, -0.25) is 0 Å². The van der Waals surface area contributed by atoms with Crippen LogP contribution in [0.1, 0.15) is 12.5 Å². The molecule has 0 fully saturated rings. The SMILES string of the molecule is CCc1c(NC)ncnc1-c1ccc(Cl)c(Cl)c1. The van der Waals surface area contributed by atoms with Gasteiger partial charge in [0.15, 0.2) is 0 Å². The van der Waals surface area contributed by atoms with Crippen molar-refractivity contribution in [2.24, 2.45) is 0 Å². The molecule has 0 aliphatic rings. The quantitative estimate of drug-likeness (QED) is 0.922. The minimum atomic E-state index is 0.529. The van der Waals surface area contributed by atoms with Crippen LogP contribution in [0.2, 0.25) is 10.0 Å². The molecule has 0 amide bonds. The lowest BCUT2D eigenvalue weighted by Gasteiger charge is -2.11. The number of nitrogens with zero attached hydrogens (tertiary/aromatic N) is 2. The van der Waals surface area contributed by atoms with Gasteiger partial charge in [-0.2, -0.15) is 0 Å². The van der Waals surface area contributed by atoms with Crippen molar-refractivity contribution < 1.29 is 0 Å². The lowest BCUT2D eigenvalue weighted by Crippen LogP contribution is -2.02. The molecule has 1 heterocycles. The highest BCUT2D eigenvalue weighted by molar-refractivity contribution is 6.42. The second kappa shape index (κ2) is 5.55. The summed E-state index contributed by atoms with van der Waals surface area (Å²) in [7, 11) is 1.85. The van der Waals surface area contributed by atoms with Crippen molar-refractivity contribution in [2.45, 2.75) is 13.3 Å². The second-order valence-corrected chi connectivity index (χ2v) is 4.60. The van der Waals surface area contributed by atoms with E-state index in [9.17, 15) is 0 Å². The molecule has 2 rings (SSSR count). The summed E-state index contributed by atoms with van der Waals surface area (Å²) < 4.78 is 0. The maximum Gasteiger partial charge on any atom is 0.132 e. The summed E-state index contributed by atoms with van der Waals surface area (Å²) in [5, 5.41) is 4.14. The van der Waals surface area contributed by atoms with Crippen LogP contribution in [0.15, 0.2) is 24.5 Å². The highest BCUT2D eigenvalue weighted by atomic mass is 35.5. The summed E-state index contributed by atoms with van der Waals surface area (Å²) in [5.41, 5.74) is 2.90. The van der Waals surface area contributed by atoms with E-state index in [1.807, 2.05) is 19.2 Å². The van der Waals surface area contributed by atoms with Crippen molar-refractivity contribution in [3.05, 3.63) is 40.1 Å². The zero-order chi connectivity index (χ0) is 13.1. The van der Waals surface area contributed by atoms with Crippen LogP contribution >= 0.6 is 23.2 Å². The third kappa shape index (κ3) is 2.42. The summed E-state index contributed by atoms with van der Waals surface area (Å²) in [6.45, 7) is 2.07. The van der Waals surface area contributed by atoms with Crippen LogP contribution in [-0.2, 0) is 6.42 Å². The van der Waals surface area contributed by atoms with Gasteiger partial charge in [0.2, 0.25) is 0 Å². The smallest absolute Gasteiger partial charge is 0.132 e. The maximum atomic E-state index is 6.04. The Kier molecular flexibility index (Phi) is 4.04. The van der Waals surface area contributed by atoms with Crippen LogP contribution in [-0.4, -0.2) is 17.0 Å². The first-order valence-corrected chi connectivity index (χ1v) is 6.40. The standard InChI is InChI=1S/C13H13Cl2N3/c1-3-9-12(17-7-18-13(9)16-2)8-4-5-10(14)11(15)6-8/h4-7H,3H2,1-2H3,(H,16,17,18).